The van der Waals surface area contributed by atoms with Crippen molar-refractivity contribution in [1.82, 2.24) is 5.32 Å². The molecule has 3 rings (SSSR count). The Balaban J connectivity index is 2.01. The molecule has 1 N–H and O–H groups in total. The Morgan fingerprint density at radius 1 is 1.15 bits per heavy atom. The van der Waals surface area contributed by atoms with Gasteiger partial charge in [0.1, 0.15) is 0 Å². The van der Waals surface area contributed by atoms with Crippen molar-refractivity contribution in [3.63, 3.8) is 0 Å². The summed E-state index contributed by atoms with van der Waals surface area (Å²) in [5, 5.41) is 6.13. The van der Waals surface area contributed by atoms with Crippen LogP contribution in [0.1, 0.15) is 31.4 Å². The van der Waals surface area contributed by atoms with Crippen molar-refractivity contribution in [1.29, 1.82) is 0 Å². The first-order chi connectivity index (χ1) is 9.85. The van der Waals surface area contributed by atoms with Crippen molar-refractivity contribution in [3.05, 3.63) is 48.0 Å². The summed E-state index contributed by atoms with van der Waals surface area (Å²) in [6.45, 7) is 2.87. The van der Waals surface area contributed by atoms with Crippen LogP contribution >= 0.6 is 0 Å². The molecule has 1 aliphatic carbocycles. The molecule has 0 spiro atoms. The number of ether oxygens (including phenoxy) is 1. The molecule has 0 radical (unpaired) electrons. The third-order valence-electron chi connectivity index (χ3n) is 4.24. The summed E-state index contributed by atoms with van der Waals surface area (Å²) in [7, 11) is 2.04. The van der Waals surface area contributed by atoms with Crippen LogP contribution in [0.5, 0.6) is 0 Å². The van der Waals surface area contributed by atoms with Crippen LogP contribution in [0.2, 0.25) is 0 Å². The van der Waals surface area contributed by atoms with E-state index in [1.54, 1.807) is 0 Å². The van der Waals surface area contributed by atoms with E-state index >= 15 is 0 Å². The molecule has 0 aromatic heterocycles. The average molecular weight is 269 g/mol. The Hall–Kier alpha value is -1.38. The second-order valence-corrected chi connectivity index (χ2v) is 5.59. The third-order valence-corrected chi connectivity index (χ3v) is 4.24. The molecule has 2 atom stereocenters. The van der Waals surface area contributed by atoms with Crippen molar-refractivity contribution in [2.75, 3.05) is 13.7 Å². The molecule has 2 aromatic carbocycles. The smallest absolute Gasteiger partial charge is 0.0797 e. The Morgan fingerprint density at radius 2 is 1.90 bits per heavy atom. The van der Waals surface area contributed by atoms with Crippen molar-refractivity contribution in [2.45, 2.75) is 31.9 Å². The van der Waals surface area contributed by atoms with Gasteiger partial charge in [-0.3, -0.25) is 0 Å². The fraction of sp³-hybridized carbons (Fsp3) is 0.444. The van der Waals surface area contributed by atoms with Crippen molar-refractivity contribution in [3.8, 4) is 0 Å². The minimum Gasteiger partial charge on any atom is -0.376 e. The van der Waals surface area contributed by atoms with Gasteiger partial charge in [-0.2, -0.15) is 0 Å². The lowest BCUT2D eigenvalue weighted by atomic mass is 9.93. The van der Waals surface area contributed by atoms with Crippen LogP contribution < -0.4 is 5.32 Å². The van der Waals surface area contributed by atoms with Gasteiger partial charge in [0.05, 0.1) is 12.1 Å². The van der Waals surface area contributed by atoms with Gasteiger partial charge in [0.15, 0.2) is 0 Å². The lowest BCUT2D eigenvalue weighted by Gasteiger charge is -2.28. The van der Waals surface area contributed by atoms with E-state index in [2.05, 4.69) is 54.7 Å². The molecule has 2 nitrogen and oxygen atoms in total. The van der Waals surface area contributed by atoms with E-state index in [0.29, 0.717) is 5.92 Å². The first-order valence-corrected chi connectivity index (χ1v) is 7.61. The highest BCUT2D eigenvalue weighted by molar-refractivity contribution is 5.86. The summed E-state index contributed by atoms with van der Waals surface area (Å²) < 4.78 is 6.06. The third kappa shape index (κ3) is 2.58. The van der Waals surface area contributed by atoms with Crippen LogP contribution in [0.3, 0.4) is 0 Å². The zero-order valence-electron chi connectivity index (χ0n) is 12.3. The zero-order chi connectivity index (χ0) is 13.9. The summed E-state index contributed by atoms with van der Waals surface area (Å²) in [5.41, 5.74) is 1.36. The van der Waals surface area contributed by atoms with E-state index < -0.39 is 0 Å². The second-order valence-electron chi connectivity index (χ2n) is 5.59. The molecule has 20 heavy (non-hydrogen) atoms. The molecule has 106 valence electrons. The van der Waals surface area contributed by atoms with Gasteiger partial charge in [0, 0.05) is 6.61 Å². The molecular weight excluding hydrogens is 246 g/mol. The van der Waals surface area contributed by atoms with Gasteiger partial charge in [-0.25, -0.2) is 0 Å². The summed E-state index contributed by atoms with van der Waals surface area (Å²) in [5.74, 6) is 0.714. The first-order valence-electron chi connectivity index (χ1n) is 7.61. The molecule has 2 unspecified atom stereocenters. The van der Waals surface area contributed by atoms with E-state index in [0.717, 1.165) is 6.61 Å². The van der Waals surface area contributed by atoms with Crippen molar-refractivity contribution >= 4 is 10.8 Å². The summed E-state index contributed by atoms with van der Waals surface area (Å²) in [6, 6.07) is 15.4. The van der Waals surface area contributed by atoms with Crippen LogP contribution in [-0.4, -0.2) is 19.8 Å². The maximum atomic E-state index is 6.06. The Bertz CT molecular complexity index is 571. The van der Waals surface area contributed by atoms with Crippen LogP contribution in [0, 0.1) is 5.92 Å². The SMILES string of the molecule is CCOC(C1CC1)C(NC)c1cccc2ccccc12. The molecule has 2 aromatic rings. The fourth-order valence-corrected chi connectivity index (χ4v) is 3.14. The highest BCUT2D eigenvalue weighted by atomic mass is 16.5. The highest BCUT2D eigenvalue weighted by Crippen LogP contribution is 2.41. The summed E-state index contributed by atoms with van der Waals surface area (Å²) in [6.07, 6.45) is 2.89. The second kappa shape index (κ2) is 5.94. The molecule has 0 bridgehead atoms. The number of benzene rings is 2. The van der Waals surface area contributed by atoms with Crippen molar-refractivity contribution in [2.24, 2.45) is 5.92 Å². The van der Waals surface area contributed by atoms with E-state index in [1.165, 1.54) is 29.2 Å². The molecule has 0 amide bonds. The number of fused-ring (bicyclic) bond motifs is 1. The van der Waals surface area contributed by atoms with Crippen LogP contribution in [-0.2, 0) is 4.74 Å². The van der Waals surface area contributed by atoms with Gasteiger partial charge in [0.2, 0.25) is 0 Å². The van der Waals surface area contributed by atoms with Gasteiger partial charge in [-0.15, -0.1) is 0 Å². The number of hydrogen-bond donors (Lipinski definition) is 1. The molecule has 1 fully saturated rings. The summed E-state index contributed by atoms with van der Waals surface area (Å²) >= 11 is 0. The maximum Gasteiger partial charge on any atom is 0.0797 e. The summed E-state index contributed by atoms with van der Waals surface area (Å²) in [4.78, 5) is 0. The van der Waals surface area contributed by atoms with Gasteiger partial charge >= 0.3 is 0 Å². The number of rotatable bonds is 6. The fourth-order valence-electron chi connectivity index (χ4n) is 3.14. The number of hydrogen-bond acceptors (Lipinski definition) is 2. The highest BCUT2D eigenvalue weighted by Gasteiger charge is 2.37. The van der Waals surface area contributed by atoms with Gasteiger partial charge in [-0.1, -0.05) is 42.5 Å². The van der Waals surface area contributed by atoms with Crippen LogP contribution in [0.25, 0.3) is 10.8 Å². The molecule has 1 saturated carbocycles. The molecule has 2 heteroatoms. The predicted molar refractivity (Wildman–Crippen MR) is 83.9 cm³/mol. The lowest BCUT2D eigenvalue weighted by Crippen LogP contribution is -2.33. The quantitative estimate of drug-likeness (QED) is 0.858. The monoisotopic (exact) mass is 269 g/mol. The average Bonchev–Trinajstić information content (AvgIpc) is 3.32. The molecule has 1 aliphatic rings. The molecule has 0 aliphatic heterocycles. The molecule has 0 heterocycles. The Labute approximate surface area is 121 Å². The maximum absolute atomic E-state index is 6.06. The van der Waals surface area contributed by atoms with Crippen molar-refractivity contribution < 1.29 is 4.74 Å². The van der Waals surface area contributed by atoms with E-state index in [1.807, 2.05) is 7.05 Å². The molecule has 0 saturated heterocycles. The van der Waals surface area contributed by atoms with Gasteiger partial charge < -0.3 is 10.1 Å². The first kappa shape index (κ1) is 13.6. The number of nitrogens with one attached hydrogen (secondary N) is 1. The zero-order valence-corrected chi connectivity index (χ0v) is 12.3. The normalized spacial score (nSPS) is 18.1. The van der Waals surface area contributed by atoms with Gasteiger partial charge in [0.25, 0.3) is 0 Å². The van der Waals surface area contributed by atoms with Crippen LogP contribution in [0.4, 0.5) is 0 Å². The standard InChI is InChI=1S/C18H23NO/c1-3-20-18(14-11-12-14)17(19-2)16-10-6-8-13-7-4-5-9-15(13)16/h4-10,14,17-19H,3,11-12H2,1-2H3. The largest absolute Gasteiger partial charge is 0.376 e. The minimum absolute atomic E-state index is 0.272. The topological polar surface area (TPSA) is 21.3 Å². The molecular formula is C18H23NO. The predicted octanol–water partition coefficient (Wildman–Crippen LogP) is 3.92. The lowest BCUT2D eigenvalue weighted by molar-refractivity contribution is 0.0208. The van der Waals surface area contributed by atoms with E-state index in [9.17, 15) is 0 Å². The van der Waals surface area contributed by atoms with E-state index in [-0.39, 0.29) is 12.1 Å². The Morgan fingerprint density at radius 3 is 2.60 bits per heavy atom. The van der Waals surface area contributed by atoms with Gasteiger partial charge in [-0.05, 0) is 49.1 Å². The van der Waals surface area contributed by atoms with E-state index in [4.69, 9.17) is 4.74 Å². The Kier molecular flexibility index (Phi) is 4.04. The minimum atomic E-state index is 0.272. The number of likely N-dealkylation sites (N-methyl/N-ethyl adjacent to an activating group) is 1. The van der Waals surface area contributed by atoms with Crippen LogP contribution in [0.15, 0.2) is 42.5 Å².